The minimum absolute atomic E-state index is 0.104. The molecule has 142 valence electrons. The van der Waals surface area contributed by atoms with Gasteiger partial charge >= 0.3 is 0 Å². The number of aromatic amines is 1. The number of H-pyrrole nitrogens is 1. The van der Waals surface area contributed by atoms with Crippen molar-refractivity contribution in [2.24, 2.45) is 4.99 Å². The van der Waals surface area contributed by atoms with Crippen molar-refractivity contribution < 1.29 is 9.47 Å². The largest absolute Gasteiger partial charge is 0.490 e. The van der Waals surface area contributed by atoms with Crippen LogP contribution in [0.25, 0.3) is 0 Å². The lowest BCUT2D eigenvalue weighted by Gasteiger charge is -2.35. The van der Waals surface area contributed by atoms with Crippen LogP contribution in [-0.2, 0) is 0 Å². The summed E-state index contributed by atoms with van der Waals surface area (Å²) in [6, 6.07) is 7.93. The predicted molar refractivity (Wildman–Crippen MR) is 106 cm³/mol. The molecule has 0 amide bonds. The molecule has 1 saturated carbocycles. The number of hydrogen-bond donors (Lipinski definition) is 1. The standard InChI is InChI=1S/C22H26N2O3/c1-3-26-19-11-16-15-7-5-6-8-18(15)24-22(14-9-10-21(25)23-13-14)17(16)12-20(19)27-4-2/h9-13,15,18H,3-8H2,1-2H3,(H,23,25)/t15-,18-/m0/s1. The quantitative estimate of drug-likeness (QED) is 0.868. The second-order valence-electron chi connectivity index (χ2n) is 7.13. The van der Waals surface area contributed by atoms with Gasteiger partial charge in [-0.25, -0.2) is 0 Å². The minimum atomic E-state index is -0.104. The topological polar surface area (TPSA) is 63.7 Å². The van der Waals surface area contributed by atoms with Crippen LogP contribution < -0.4 is 15.0 Å². The number of ether oxygens (including phenoxy) is 2. The molecule has 5 heteroatoms. The zero-order valence-electron chi connectivity index (χ0n) is 16.0. The van der Waals surface area contributed by atoms with Crippen molar-refractivity contribution in [3.63, 3.8) is 0 Å². The highest BCUT2D eigenvalue weighted by Crippen LogP contribution is 2.44. The maximum Gasteiger partial charge on any atom is 0.247 e. The zero-order valence-corrected chi connectivity index (χ0v) is 16.0. The molecule has 0 unspecified atom stereocenters. The Labute approximate surface area is 159 Å². The monoisotopic (exact) mass is 366 g/mol. The zero-order chi connectivity index (χ0) is 18.8. The van der Waals surface area contributed by atoms with Gasteiger partial charge in [-0.3, -0.25) is 9.79 Å². The first-order valence-electron chi connectivity index (χ1n) is 9.92. The Morgan fingerprint density at radius 3 is 2.52 bits per heavy atom. The first-order chi connectivity index (χ1) is 13.2. The first-order valence-corrected chi connectivity index (χ1v) is 9.92. The number of benzene rings is 1. The molecule has 0 bridgehead atoms. The van der Waals surface area contributed by atoms with E-state index in [1.807, 2.05) is 19.9 Å². The van der Waals surface area contributed by atoms with Crippen molar-refractivity contribution in [1.29, 1.82) is 0 Å². The average Bonchev–Trinajstić information content (AvgIpc) is 2.69. The summed E-state index contributed by atoms with van der Waals surface area (Å²) in [6.45, 7) is 5.15. The molecular weight excluding hydrogens is 340 g/mol. The number of nitrogens with one attached hydrogen (secondary N) is 1. The molecule has 2 heterocycles. The summed E-state index contributed by atoms with van der Waals surface area (Å²) in [5.41, 5.74) is 4.16. The number of rotatable bonds is 5. The van der Waals surface area contributed by atoms with Crippen LogP contribution in [0.5, 0.6) is 11.5 Å². The molecule has 5 nitrogen and oxygen atoms in total. The van der Waals surface area contributed by atoms with E-state index in [9.17, 15) is 4.79 Å². The highest BCUT2D eigenvalue weighted by atomic mass is 16.5. The van der Waals surface area contributed by atoms with Crippen molar-refractivity contribution in [2.45, 2.75) is 51.5 Å². The number of aliphatic imine (C=N–C) groups is 1. The molecule has 1 aromatic heterocycles. The molecule has 27 heavy (non-hydrogen) atoms. The van der Waals surface area contributed by atoms with Crippen LogP contribution in [0.15, 0.2) is 40.2 Å². The van der Waals surface area contributed by atoms with Gasteiger partial charge in [-0.05, 0) is 50.5 Å². The highest BCUT2D eigenvalue weighted by molar-refractivity contribution is 6.14. The van der Waals surface area contributed by atoms with Gasteiger partial charge in [-0.2, -0.15) is 0 Å². The predicted octanol–water partition coefficient (Wildman–Crippen LogP) is 4.05. The SMILES string of the molecule is CCOc1cc2c(cc1OCC)[C@@H]1CCCC[C@@H]1N=C2c1ccc(=O)[nH]c1. The highest BCUT2D eigenvalue weighted by Gasteiger charge is 2.34. The molecule has 0 spiro atoms. The Hall–Kier alpha value is -2.56. The Balaban J connectivity index is 1.88. The van der Waals surface area contributed by atoms with Crippen molar-refractivity contribution in [2.75, 3.05) is 13.2 Å². The lowest BCUT2D eigenvalue weighted by atomic mass is 9.75. The Bertz CT molecular complexity index is 896. The van der Waals surface area contributed by atoms with E-state index in [1.165, 1.54) is 18.4 Å². The Morgan fingerprint density at radius 2 is 1.81 bits per heavy atom. The van der Waals surface area contributed by atoms with Crippen molar-refractivity contribution >= 4 is 5.71 Å². The molecule has 1 N–H and O–H groups in total. The van der Waals surface area contributed by atoms with Crippen LogP contribution in [0.1, 0.15) is 62.1 Å². The number of fused-ring (bicyclic) bond motifs is 3. The van der Waals surface area contributed by atoms with E-state index in [0.717, 1.165) is 41.2 Å². The number of nitrogens with zero attached hydrogens (tertiary/aromatic N) is 1. The Morgan fingerprint density at radius 1 is 1.07 bits per heavy atom. The van der Waals surface area contributed by atoms with Crippen LogP contribution in [0.4, 0.5) is 0 Å². The van der Waals surface area contributed by atoms with Gasteiger partial charge in [0.1, 0.15) is 0 Å². The fourth-order valence-corrected chi connectivity index (χ4v) is 4.28. The smallest absolute Gasteiger partial charge is 0.247 e. The van der Waals surface area contributed by atoms with Gasteiger partial charge in [0.05, 0.1) is 25.0 Å². The van der Waals surface area contributed by atoms with Crippen molar-refractivity contribution in [3.8, 4) is 11.5 Å². The fourth-order valence-electron chi connectivity index (χ4n) is 4.28. The van der Waals surface area contributed by atoms with Crippen LogP contribution in [-0.4, -0.2) is 30.0 Å². The summed E-state index contributed by atoms with van der Waals surface area (Å²) < 4.78 is 11.7. The van der Waals surface area contributed by atoms with Gasteiger partial charge in [0.15, 0.2) is 11.5 Å². The minimum Gasteiger partial charge on any atom is -0.490 e. The van der Waals surface area contributed by atoms with E-state index in [-0.39, 0.29) is 5.56 Å². The lowest BCUT2D eigenvalue weighted by molar-refractivity contribution is 0.286. The van der Waals surface area contributed by atoms with Crippen LogP contribution >= 0.6 is 0 Å². The number of hydrogen-bond acceptors (Lipinski definition) is 4. The molecule has 2 aliphatic rings. The van der Waals surface area contributed by atoms with Crippen LogP contribution in [0.2, 0.25) is 0 Å². The first kappa shape index (κ1) is 17.8. The molecule has 2 aromatic rings. The maximum absolute atomic E-state index is 11.5. The Kier molecular flexibility index (Phi) is 5.01. The van der Waals surface area contributed by atoms with Gasteiger partial charge in [-0.1, -0.05) is 12.8 Å². The summed E-state index contributed by atoms with van der Waals surface area (Å²) in [7, 11) is 0. The van der Waals surface area contributed by atoms with Gasteiger partial charge in [0, 0.05) is 29.3 Å². The molecule has 1 fully saturated rings. The van der Waals surface area contributed by atoms with Gasteiger partial charge in [-0.15, -0.1) is 0 Å². The van der Waals surface area contributed by atoms with E-state index in [2.05, 4.69) is 17.1 Å². The summed E-state index contributed by atoms with van der Waals surface area (Å²) >= 11 is 0. The van der Waals surface area contributed by atoms with E-state index in [0.29, 0.717) is 25.2 Å². The molecule has 0 radical (unpaired) electrons. The maximum atomic E-state index is 11.5. The van der Waals surface area contributed by atoms with Gasteiger partial charge in [0.2, 0.25) is 5.56 Å². The summed E-state index contributed by atoms with van der Waals surface area (Å²) in [5, 5.41) is 0. The summed E-state index contributed by atoms with van der Waals surface area (Å²) in [5.74, 6) is 1.99. The van der Waals surface area contributed by atoms with Crippen molar-refractivity contribution in [3.05, 3.63) is 57.5 Å². The molecule has 0 saturated heterocycles. The third-order valence-corrected chi connectivity index (χ3v) is 5.45. The molecule has 4 rings (SSSR count). The van der Waals surface area contributed by atoms with Crippen LogP contribution in [0.3, 0.4) is 0 Å². The lowest BCUT2D eigenvalue weighted by Crippen LogP contribution is -2.30. The molecule has 1 aromatic carbocycles. The fraction of sp³-hybridized carbons (Fsp3) is 0.455. The summed E-state index contributed by atoms with van der Waals surface area (Å²) in [6.07, 6.45) is 6.47. The van der Waals surface area contributed by atoms with Crippen molar-refractivity contribution in [1.82, 2.24) is 4.98 Å². The van der Waals surface area contributed by atoms with E-state index < -0.39 is 0 Å². The van der Waals surface area contributed by atoms with E-state index >= 15 is 0 Å². The number of pyridine rings is 1. The second kappa shape index (κ2) is 7.59. The molecule has 1 aliphatic heterocycles. The van der Waals surface area contributed by atoms with E-state index in [4.69, 9.17) is 14.5 Å². The normalized spacial score (nSPS) is 21.0. The average molecular weight is 366 g/mol. The molecular formula is C22H26N2O3. The molecule has 2 atom stereocenters. The van der Waals surface area contributed by atoms with Gasteiger partial charge < -0.3 is 14.5 Å². The second-order valence-corrected chi connectivity index (χ2v) is 7.13. The summed E-state index contributed by atoms with van der Waals surface area (Å²) in [4.78, 5) is 19.4. The number of aromatic nitrogens is 1. The van der Waals surface area contributed by atoms with E-state index in [1.54, 1.807) is 12.3 Å². The van der Waals surface area contributed by atoms with Crippen LogP contribution in [0, 0.1) is 0 Å². The third-order valence-electron chi connectivity index (χ3n) is 5.45. The van der Waals surface area contributed by atoms with Gasteiger partial charge in [0.25, 0.3) is 0 Å². The third kappa shape index (κ3) is 3.38. The molecule has 1 aliphatic carbocycles.